The Morgan fingerprint density at radius 2 is 1.59 bits per heavy atom. The van der Waals surface area contributed by atoms with E-state index in [0.717, 1.165) is 37.9 Å². The van der Waals surface area contributed by atoms with Crippen LogP contribution >= 0.6 is 0 Å². The SMILES string of the molecule is Cc1cc(C)c(-c2c3c(nc4c2c(=O)n(C)c(=O)n4C)-c2ccccc2[C@H]3O)c(C)c1C. The third-order valence-electron chi connectivity index (χ3n) is 7.02. The molecule has 2 aromatic heterocycles. The van der Waals surface area contributed by atoms with Crippen molar-refractivity contribution in [1.82, 2.24) is 14.1 Å². The smallest absolute Gasteiger partial charge is 0.332 e. The summed E-state index contributed by atoms with van der Waals surface area (Å²) in [6.45, 7) is 8.20. The lowest BCUT2D eigenvalue weighted by atomic mass is 9.85. The van der Waals surface area contributed by atoms with E-state index in [2.05, 4.69) is 19.9 Å². The van der Waals surface area contributed by atoms with Gasteiger partial charge < -0.3 is 5.11 Å². The minimum absolute atomic E-state index is 0.327. The van der Waals surface area contributed by atoms with Crippen LogP contribution in [0.3, 0.4) is 0 Å². The Bertz CT molecular complexity index is 1590. The van der Waals surface area contributed by atoms with Crippen LogP contribution in [-0.4, -0.2) is 19.2 Å². The van der Waals surface area contributed by atoms with Crippen LogP contribution in [0.1, 0.15) is 39.5 Å². The molecule has 0 saturated heterocycles. The summed E-state index contributed by atoms with van der Waals surface area (Å²) in [5.41, 5.74) is 8.28. The highest BCUT2D eigenvalue weighted by Crippen LogP contribution is 2.49. The van der Waals surface area contributed by atoms with Gasteiger partial charge in [-0.3, -0.25) is 13.9 Å². The molecule has 162 valence electrons. The zero-order valence-electron chi connectivity index (χ0n) is 19.1. The number of aliphatic hydroxyl groups is 1. The Kier molecular flexibility index (Phi) is 4.30. The fourth-order valence-corrected chi connectivity index (χ4v) is 5.11. The summed E-state index contributed by atoms with van der Waals surface area (Å²) in [5, 5.41) is 11.8. The average Bonchev–Trinajstić information content (AvgIpc) is 3.06. The van der Waals surface area contributed by atoms with Gasteiger partial charge in [0.2, 0.25) is 0 Å². The van der Waals surface area contributed by atoms with Gasteiger partial charge in [0.15, 0.2) is 5.65 Å². The normalized spacial score (nSPS) is 14.7. The molecule has 0 amide bonds. The quantitative estimate of drug-likeness (QED) is 0.504. The largest absolute Gasteiger partial charge is 0.384 e. The Morgan fingerprint density at radius 1 is 0.906 bits per heavy atom. The summed E-state index contributed by atoms with van der Waals surface area (Å²) in [5.74, 6) is 0. The Balaban J connectivity index is 2.11. The Morgan fingerprint density at radius 3 is 2.31 bits per heavy atom. The highest BCUT2D eigenvalue weighted by atomic mass is 16.3. The molecule has 5 rings (SSSR count). The summed E-state index contributed by atoms with van der Waals surface area (Å²) in [4.78, 5) is 31.0. The van der Waals surface area contributed by atoms with Gasteiger partial charge in [0.1, 0.15) is 6.10 Å². The predicted molar refractivity (Wildman–Crippen MR) is 126 cm³/mol. The molecule has 1 atom stereocenters. The van der Waals surface area contributed by atoms with Crippen molar-refractivity contribution >= 4 is 11.0 Å². The van der Waals surface area contributed by atoms with Crippen LogP contribution in [0, 0.1) is 27.7 Å². The molecule has 0 fully saturated rings. The summed E-state index contributed by atoms with van der Waals surface area (Å²) in [6.07, 6.45) is -0.907. The first kappa shape index (κ1) is 20.4. The van der Waals surface area contributed by atoms with Crippen LogP contribution in [0.15, 0.2) is 39.9 Å². The van der Waals surface area contributed by atoms with Crippen LogP contribution in [-0.2, 0) is 14.1 Å². The minimum atomic E-state index is -0.907. The molecule has 1 aliphatic rings. The average molecular weight is 428 g/mol. The number of fused-ring (bicyclic) bond motifs is 4. The fourth-order valence-electron chi connectivity index (χ4n) is 5.11. The predicted octanol–water partition coefficient (Wildman–Crippen LogP) is 3.59. The van der Waals surface area contributed by atoms with Gasteiger partial charge in [-0.05, 0) is 61.1 Å². The summed E-state index contributed by atoms with van der Waals surface area (Å²) >= 11 is 0. The van der Waals surface area contributed by atoms with Gasteiger partial charge in [-0.1, -0.05) is 30.3 Å². The van der Waals surface area contributed by atoms with E-state index >= 15 is 0 Å². The lowest BCUT2D eigenvalue weighted by Crippen LogP contribution is -2.37. The molecule has 6 nitrogen and oxygen atoms in total. The van der Waals surface area contributed by atoms with E-state index < -0.39 is 17.4 Å². The molecule has 6 heteroatoms. The van der Waals surface area contributed by atoms with Crippen molar-refractivity contribution in [3.8, 4) is 22.4 Å². The number of aliphatic hydroxyl groups excluding tert-OH is 1. The second-order valence-corrected chi connectivity index (χ2v) is 8.78. The number of aryl methyl sites for hydroxylation is 3. The van der Waals surface area contributed by atoms with Crippen molar-refractivity contribution < 1.29 is 5.11 Å². The molecule has 0 radical (unpaired) electrons. The number of pyridine rings is 1. The van der Waals surface area contributed by atoms with Crippen LogP contribution in [0.4, 0.5) is 0 Å². The second-order valence-electron chi connectivity index (χ2n) is 8.78. The summed E-state index contributed by atoms with van der Waals surface area (Å²) in [6, 6.07) is 9.70. The van der Waals surface area contributed by atoms with E-state index in [0.29, 0.717) is 27.9 Å². The van der Waals surface area contributed by atoms with Crippen molar-refractivity contribution in [2.24, 2.45) is 14.1 Å². The molecular weight excluding hydrogens is 402 g/mol. The maximum Gasteiger partial charge on any atom is 0.332 e. The van der Waals surface area contributed by atoms with Gasteiger partial charge in [0.25, 0.3) is 5.56 Å². The van der Waals surface area contributed by atoms with Gasteiger partial charge in [-0.25, -0.2) is 9.78 Å². The molecular formula is C26H25N3O3. The van der Waals surface area contributed by atoms with Crippen molar-refractivity contribution in [2.45, 2.75) is 33.8 Å². The molecule has 0 spiro atoms. The molecule has 32 heavy (non-hydrogen) atoms. The van der Waals surface area contributed by atoms with Gasteiger partial charge >= 0.3 is 5.69 Å². The number of aromatic nitrogens is 3. The van der Waals surface area contributed by atoms with Crippen molar-refractivity contribution in [2.75, 3.05) is 0 Å². The summed E-state index contributed by atoms with van der Waals surface area (Å²) < 4.78 is 2.53. The van der Waals surface area contributed by atoms with E-state index in [1.54, 1.807) is 7.05 Å². The number of benzene rings is 2. The number of hydrogen-bond donors (Lipinski definition) is 1. The topological polar surface area (TPSA) is 77.1 Å². The minimum Gasteiger partial charge on any atom is -0.384 e. The fraction of sp³-hybridized carbons (Fsp3) is 0.269. The molecule has 1 N–H and O–H groups in total. The zero-order chi connectivity index (χ0) is 23.1. The molecule has 0 saturated carbocycles. The van der Waals surface area contributed by atoms with E-state index in [4.69, 9.17) is 4.98 Å². The van der Waals surface area contributed by atoms with E-state index in [-0.39, 0.29) is 0 Å². The molecule has 2 aromatic carbocycles. The summed E-state index contributed by atoms with van der Waals surface area (Å²) in [7, 11) is 3.11. The lowest BCUT2D eigenvalue weighted by Gasteiger charge is -2.21. The third kappa shape index (κ3) is 2.47. The molecule has 0 aliphatic heterocycles. The second kappa shape index (κ2) is 6.74. The first-order chi connectivity index (χ1) is 15.1. The number of rotatable bonds is 1. The standard InChI is InChI=1S/C26H25N3O3/c1-12-11-13(2)18(15(4)14(12)3)19-20-22(16-9-7-8-10-17(16)23(20)30)27-24-21(19)25(31)29(6)26(32)28(24)5/h7-11,23,30H,1-6H3/t23-/m1/s1. The maximum atomic E-state index is 13.5. The monoisotopic (exact) mass is 427 g/mol. The van der Waals surface area contributed by atoms with Gasteiger partial charge in [0, 0.05) is 30.8 Å². The molecule has 2 heterocycles. The van der Waals surface area contributed by atoms with Crippen molar-refractivity contribution in [3.63, 3.8) is 0 Å². The molecule has 0 bridgehead atoms. The number of hydrogen-bond acceptors (Lipinski definition) is 4. The third-order valence-corrected chi connectivity index (χ3v) is 7.02. The van der Waals surface area contributed by atoms with Crippen LogP contribution < -0.4 is 11.2 Å². The van der Waals surface area contributed by atoms with Crippen LogP contribution in [0.25, 0.3) is 33.4 Å². The van der Waals surface area contributed by atoms with E-state index in [9.17, 15) is 14.7 Å². The van der Waals surface area contributed by atoms with E-state index in [1.807, 2.05) is 38.1 Å². The maximum absolute atomic E-state index is 13.5. The van der Waals surface area contributed by atoms with Crippen LogP contribution in [0.5, 0.6) is 0 Å². The van der Waals surface area contributed by atoms with Crippen molar-refractivity contribution in [1.29, 1.82) is 0 Å². The first-order valence-electron chi connectivity index (χ1n) is 10.6. The molecule has 4 aromatic rings. The lowest BCUT2D eigenvalue weighted by molar-refractivity contribution is 0.225. The number of nitrogens with zero attached hydrogens (tertiary/aromatic N) is 3. The van der Waals surface area contributed by atoms with E-state index in [1.165, 1.54) is 17.2 Å². The van der Waals surface area contributed by atoms with Crippen molar-refractivity contribution in [3.05, 3.63) is 84.6 Å². The highest BCUT2D eigenvalue weighted by molar-refractivity contribution is 6.01. The van der Waals surface area contributed by atoms with Gasteiger partial charge in [-0.2, -0.15) is 0 Å². The highest BCUT2D eigenvalue weighted by Gasteiger charge is 2.35. The zero-order valence-corrected chi connectivity index (χ0v) is 19.1. The Hall–Kier alpha value is -3.51. The molecule has 1 aliphatic carbocycles. The first-order valence-corrected chi connectivity index (χ1v) is 10.6. The van der Waals surface area contributed by atoms with Gasteiger partial charge in [-0.15, -0.1) is 0 Å². The Labute approximate surface area is 185 Å². The molecule has 0 unspecified atom stereocenters. The van der Waals surface area contributed by atoms with Gasteiger partial charge in [0.05, 0.1) is 11.1 Å². The van der Waals surface area contributed by atoms with Crippen LogP contribution in [0.2, 0.25) is 0 Å².